The van der Waals surface area contributed by atoms with Gasteiger partial charge < -0.3 is 25.4 Å². The van der Waals surface area contributed by atoms with E-state index in [1.54, 1.807) is 26.8 Å². The molecule has 0 aliphatic carbocycles. The number of pyridine rings is 1. The van der Waals surface area contributed by atoms with Crippen molar-refractivity contribution in [2.45, 2.75) is 92.0 Å². The van der Waals surface area contributed by atoms with Gasteiger partial charge >= 0.3 is 12.1 Å². The lowest BCUT2D eigenvalue weighted by atomic mass is 10.1. The first-order valence-electron chi connectivity index (χ1n) is 12.9. The van der Waals surface area contributed by atoms with Gasteiger partial charge in [-0.1, -0.05) is 25.5 Å². The Hall–Kier alpha value is -4.09. The molecule has 0 fully saturated rings. The highest BCUT2D eigenvalue weighted by Gasteiger charge is 2.24. The summed E-state index contributed by atoms with van der Waals surface area (Å²) in [5.74, 6) is -3.27. The third kappa shape index (κ3) is 12.6. The normalized spacial score (nSPS) is 13.2. The lowest BCUT2D eigenvalue weighted by Gasteiger charge is -2.19. The highest BCUT2D eigenvalue weighted by Crippen LogP contribution is 2.10. The van der Waals surface area contributed by atoms with Crippen molar-refractivity contribution >= 4 is 29.7 Å². The van der Waals surface area contributed by atoms with E-state index < -0.39 is 47.4 Å². The first kappa shape index (κ1) is 33.9. The summed E-state index contributed by atoms with van der Waals surface area (Å²) in [5.41, 5.74) is -1.37. The number of amides is 3. The molecule has 1 aromatic rings. The van der Waals surface area contributed by atoms with E-state index in [1.807, 2.05) is 13.0 Å². The molecule has 0 saturated heterocycles. The third-order valence-electron chi connectivity index (χ3n) is 5.00. The maximum atomic E-state index is 14.2. The number of carbonyl (C=O) groups is 5. The van der Waals surface area contributed by atoms with Crippen molar-refractivity contribution in [3.05, 3.63) is 53.3 Å². The molecule has 0 bridgehead atoms. The molecule has 12 heteroatoms. The molecule has 3 N–H and O–H groups in total. The number of carbonyl (C=O) groups excluding carboxylic acids is 5. The first-order valence-corrected chi connectivity index (χ1v) is 12.9. The molecule has 220 valence electrons. The zero-order valence-corrected chi connectivity index (χ0v) is 24.1. The largest absolute Gasteiger partial charge is 0.456 e. The Kier molecular flexibility index (Phi) is 13.7. The number of Topliss-reactive ketones (excluding diaryl/α,β-unsaturated/α-hetero) is 1. The van der Waals surface area contributed by atoms with Gasteiger partial charge in [0.1, 0.15) is 40.7 Å². The van der Waals surface area contributed by atoms with Crippen LogP contribution in [0.1, 0.15) is 83.9 Å². The first-order chi connectivity index (χ1) is 18.7. The predicted octanol–water partition coefficient (Wildman–Crippen LogP) is 3.63. The highest BCUT2D eigenvalue weighted by molar-refractivity contribution is 6.02. The van der Waals surface area contributed by atoms with E-state index in [0.29, 0.717) is 0 Å². The quantitative estimate of drug-likeness (QED) is 0.187. The molecule has 1 rings (SSSR count). The third-order valence-corrected chi connectivity index (χ3v) is 5.00. The smallest absolute Gasteiger partial charge is 0.407 e. The molecule has 0 saturated carbocycles. The number of esters is 1. The van der Waals surface area contributed by atoms with Crippen LogP contribution in [-0.2, 0) is 30.4 Å². The van der Waals surface area contributed by atoms with Gasteiger partial charge in [0.15, 0.2) is 0 Å². The summed E-state index contributed by atoms with van der Waals surface area (Å²) < 4.78 is 24.7. The van der Waals surface area contributed by atoms with Gasteiger partial charge in [-0.15, -0.1) is 0 Å². The average Bonchev–Trinajstić information content (AvgIpc) is 2.85. The molecular weight excluding hydrogens is 523 g/mol. The summed E-state index contributed by atoms with van der Waals surface area (Å²) >= 11 is 0. The SMILES string of the molecule is C/C=C(\NC(=O)c1ccc(F)c(CNC(=O)OC(C)(C)C)n1)C(=O)N[C@@H](C)C(=O)O[C@H](/C=C/CCC)CC(C)=O. The highest BCUT2D eigenvalue weighted by atomic mass is 19.1. The number of aromatic nitrogens is 1. The maximum absolute atomic E-state index is 14.2. The minimum absolute atomic E-state index is 0.00272. The van der Waals surface area contributed by atoms with Crippen molar-refractivity contribution in [2.24, 2.45) is 0 Å². The lowest BCUT2D eigenvalue weighted by molar-refractivity contribution is -0.150. The second-order valence-corrected chi connectivity index (χ2v) is 9.93. The summed E-state index contributed by atoms with van der Waals surface area (Å²) in [5, 5.41) is 7.18. The number of ketones is 1. The van der Waals surface area contributed by atoms with Crippen molar-refractivity contribution in [3.63, 3.8) is 0 Å². The van der Waals surface area contributed by atoms with Gasteiger partial charge in [0.2, 0.25) is 0 Å². The van der Waals surface area contributed by atoms with Crippen LogP contribution < -0.4 is 16.0 Å². The van der Waals surface area contributed by atoms with Crippen LogP contribution in [-0.4, -0.2) is 52.4 Å². The number of allylic oxidation sites excluding steroid dienone is 2. The minimum atomic E-state index is -1.09. The van der Waals surface area contributed by atoms with Crippen LogP contribution in [0.4, 0.5) is 9.18 Å². The molecule has 0 radical (unpaired) electrons. The van der Waals surface area contributed by atoms with Crippen LogP contribution in [0.3, 0.4) is 0 Å². The molecule has 0 spiro atoms. The number of ether oxygens (including phenoxy) is 2. The van der Waals surface area contributed by atoms with Gasteiger partial charge in [0, 0.05) is 6.42 Å². The summed E-state index contributed by atoms with van der Waals surface area (Å²) in [4.78, 5) is 65.3. The average molecular weight is 563 g/mol. The maximum Gasteiger partial charge on any atom is 0.407 e. The predicted molar refractivity (Wildman–Crippen MR) is 145 cm³/mol. The zero-order chi connectivity index (χ0) is 30.5. The molecule has 11 nitrogen and oxygen atoms in total. The van der Waals surface area contributed by atoms with E-state index >= 15 is 0 Å². The summed E-state index contributed by atoms with van der Waals surface area (Å²) in [6, 6.07) is 1.03. The van der Waals surface area contributed by atoms with Crippen LogP contribution in [0.25, 0.3) is 0 Å². The van der Waals surface area contributed by atoms with Gasteiger partial charge in [0.25, 0.3) is 11.8 Å². The number of hydrogen-bond donors (Lipinski definition) is 3. The van der Waals surface area contributed by atoms with Crippen LogP contribution in [0.5, 0.6) is 0 Å². The van der Waals surface area contributed by atoms with Crippen LogP contribution >= 0.6 is 0 Å². The minimum Gasteiger partial charge on any atom is -0.456 e. The molecule has 3 amide bonds. The van der Waals surface area contributed by atoms with Crippen LogP contribution in [0.15, 0.2) is 36.1 Å². The molecule has 0 unspecified atom stereocenters. The molecular formula is C28H39FN4O7. The Bertz CT molecular complexity index is 1140. The van der Waals surface area contributed by atoms with E-state index in [0.717, 1.165) is 25.0 Å². The molecule has 1 aromatic heterocycles. The fourth-order valence-electron chi connectivity index (χ4n) is 3.08. The monoisotopic (exact) mass is 562 g/mol. The standard InChI is InChI=1S/C28H39FN4O7/c1-8-10-11-12-19(15-17(3)34)39-26(37)18(4)31-24(35)21(9-2)33-25(36)22-14-13-20(29)23(32-22)16-30-27(38)40-28(5,6)7/h9,11-14,18-19H,8,10,15-16H2,1-7H3,(H,30,38)(H,31,35)(H,33,36)/b12-11+,21-9-/t18-,19+/m0/s1. The zero-order valence-electron chi connectivity index (χ0n) is 24.1. The van der Waals surface area contributed by atoms with Crippen LogP contribution in [0.2, 0.25) is 0 Å². The second kappa shape index (κ2) is 16.1. The van der Waals surface area contributed by atoms with Crippen molar-refractivity contribution in [1.82, 2.24) is 20.9 Å². The summed E-state index contributed by atoms with van der Waals surface area (Å²) in [6.45, 7) is 11.0. The van der Waals surface area contributed by atoms with E-state index in [-0.39, 0.29) is 35.8 Å². The number of hydrogen-bond acceptors (Lipinski definition) is 8. The number of rotatable bonds is 13. The molecule has 0 aliphatic rings. The van der Waals surface area contributed by atoms with Gasteiger partial charge in [-0.25, -0.2) is 19.0 Å². The van der Waals surface area contributed by atoms with Crippen molar-refractivity contribution in [3.8, 4) is 0 Å². The van der Waals surface area contributed by atoms with E-state index in [2.05, 4.69) is 20.9 Å². The Balaban J connectivity index is 2.83. The summed E-state index contributed by atoms with van der Waals surface area (Å²) in [7, 11) is 0. The van der Waals surface area contributed by atoms with E-state index in [9.17, 15) is 28.4 Å². The number of nitrogens with one attached hydrogen (secondary N) is 3. The number of unbranched alkanes of at least 4 members (excludes halogenated alkanes) is 1. The lowest BCUT2D eigenvalue weighted by Crippen LogP contribution is -2.44. The fraction of sp³-hybridized carbons (Fsp3) is 0.500. The van der Waals surface area contributed by atoms with E-state index in [4.69, 9.17) is 9.47 Å². The Morgan fingerprint density at radius 1 is 1.15 bits per heavy atom. The van der Waals surface area contributed by atoms with Crippen molar-refractivity contribution in [1.29, 1.82) is 0 Å². The van der Waals surface area contributed by atoms with Crippen molar-refractivity contribution < 1.29 is 37.8 Å². The number of halogens is 1. The van der Waals surface area contributed by atoms with Crippen molar-refractivity contribution in [2.75, 3.05) is 0 Å². The van der Waals surface area contributed by atoms with Gasteiger partial charge in [-0.3, -0.25) is 14.4 Å². The second-order valence-electron chi connectivity index (χ2n) is 9.93. The van der Waals surface area contributed by atoms with Crippen LogP contribution in [0, 0.1) is 5.82 Å². The van der Waals surface area contributed by atoms with Gasteiger partial charge in [0.05, 0.1) is 12.2 Å². The molecule has 0 aliphatic heterocycles. The molecule has 1 heterocycles. The Morgan fingerprint density at radius 3 is 2.40 bits per heavy atom. The number of nitrogens with zero attached hydrogens (tertiary/aromatic N) is 1. The molecule has 2 atom stereocenters. The molecule has 40 heavy (non-hydrogen) atoms. The Labute approximate surface area is 234 Å². The summed E-state index contributed by atoms with van der Waals surface area (Å²) in [6.07, 6.45) is 4.87. The topological polar surface area (TPSA) is 153 Å². The van der Waals surface area contributed by atoms with E-state index in [1.165, 1.54) is 26.8 Å². The number of alkyl carbamates (subject to hydrolysis) is 1. The Morgan fingerprint density at radius 2 is 1.82 bits per heavy atom. The van der Waals surface area contributed by atoms with Gasteiger partial charge in [-0.05, 0) is 66.2 Å². The molecule has 0 aromatic carbocycles. The van der Waals surface area contributed by atoms with Gasteiger partial charge in [-0.2, -0.15) is 0 Å². The fourth-order valence-corrected chi connectivity index (χ4v) is 3.08.